The van der Waals surface area contributed by atoms with E-state index in [1.165, 1.54) is 12.1 Å². The summed E-state index contributed by atoms with van der Waals surface area (Å²) in [7, 11) is 5.90. The number of nitrogens with zero attached hydrogens (tertiary/aromatic N) is 6. The molecule has 5 rings (SSSR count). The molecule has 230 valence electrons. The number of hydrogen-bond donors (Lipinski definition) is 2. The SMILES string of the molecule is Cc1ccc(C(=O)Nc2ccc(CNCCN3CCN(C)CC3)c(C(F)(F)F)c2)cc1-n1cc(-c2cnn(C)c2C)n1C. The van der Waals surface area contributed by atoms with Gasteiger partial charge in [0.25, 0.3) is 5.91 Å². The van der Waals surface area contributed by atoms with Crippen molar-refractivity contribution in [2.45, 2.75) is 26.6 Å². The summed E-state index contributed by atoms with van der Waals surface area (Å²) in [5, 5.41) is 10.1. The van der Waals surface area contributed by atoms with Gasteiger partial charge < -0.3 is 15.5 Å². The van der Waals surface area contributed by atoms with Crippen LogP contribution < -0.4 is 10.6 Å². The van der Waals surface area contributed by atoms with Crippen LogP contribution in [0.2, 0.25) is 0 Å². The average molecular weight is 597 g/mol. The van der Waals surface area contributed by atoms with Gasteiger partial charge in [0.2, 0.25) is 0 Å². The first-order chi connectivity index (χ1) is 20.4. The summed E-state index contributed by atoms with van der Waals surface area (Å²) in [5.74, 6) is -0.483. The van der Waals surface area contributed by atoms with E-state index in [1.807, 2.05) is 60.4 Å². The molecule has 1 fully saturated rings. The van der Waals surface area contributed by atoms with Gasteiger partial charge in [0, 0.05) is 82.4 Å². The maximum atomic E-state index is 14.0. The molecule has 9 nitrogen and oxygen atoms in total. The monoisotopic (exact) mass is 596 g/mol. The summed E-state index contributed by atoms with van der Waals surface area (Å²) in [4.78, 5) is 17.8. The summed E-state index contributed by atoms with van der Waals surface area (Å²) in [6.07, 6.45) is -0.760. The van der Waals surface area contributed by atoms with Crippen molar-refractivity contribution in [2.75, 3.05) is 51.6 Å². The zero-order valence-corrected chi connectivity index (χ0v) is 25.3. The van der Waals surface area contributed by atoms with E-state index in [9.17, 15) is 18.0 Å². The number of likely N-dealkylation sites (N-methyl/N-ethyl adjacent to an activating group) is 1. The van der Waals surface area contributed by atoms with Gasteiger partial charge in [0.15, 0.2) is 0 Å². The van der Waals surface area contributed by atoms with Gasteiger partial charge in [0.05, 0.1) is 29.3 Å². The summed E-state index contributed by atoms with van der Waals surface area (Å²) < 4.78 is 47.7. The first-order valence-electron chi connectivity index (χ1n) is 14.4. The van der Waals surface area contributed by atoms with Crippen molar-refractivity contribution in [3.8, 4) is 16.9 Å². The average Bonchev–Trinajstić information content (AvgIpc) is 3.29. The summed E-state index contributed by atoms with van der Waals surface area (Å²) in [5.41, 5.74) is 4.62. The molecule has 0 radical (unpaired) electrons. The van der Waals surface area contributed by atoms with Crippen molar-refractivity contribution in [3.63, 3.8) is 0 Å². The molecule has 2 aromatic heterocycles. The quantitative estimate of drug-likeness (QED) is 0.280. The van der Waals surface area contributed by atoms with Gasteiger partial charge in [0.1, 0.15) is 0 Å². The molecule has 4 aromatic rings. The van der Waals surface area contributed by atoms with Crippen LogP contribution in [0.25, 0.3) is 16.9 Å². The van der Waals surface area contributed by atoms with Gasteiger partial charge in [-0.15, -0.1) is 0 Å². The Morgan fingerprint density at radius 1 is 1.00 bits per heavy atom. The number of rotatable bonds is 9. The van der Waals surface area contributed by atoms with Crippen LogP contribution >= 0.6 is 0 Å². The zero-order chi connectivity index (χ0) is 30.9. The number of aromatic nitrogens is 4. The Morgan fingerprint density at radius 2 is 1.74 bits per heavy atom. The van der Waals surface area contributed by atoms with E-state index in [0.29, 0.717) is 12.1 Å². The van der Waals surface area contributed by atoms with Gasteiger partial charge in [-0.05, 0) is 56.3 Å². The van der Waals surface area contributed by atoms with Crippen LogP contribution in [0, 0.1) is 13.8 Å². The number of carbonyl (C=O) groups is 1. The second-order valence-corrected chi connectivity index (χ2v) is 11.3. The first kappa shape index (κ1) is 30.6. The van der Waals surface area contributed by atoms with E-state index in [0.717, 1.165) is 67.0 Å². The largest absolute Gasteiger partial charge is 0.416 e. The van der Waals surface area contributed by atoms with Crippen molar-refractivity contribution < 1.29 is 18.0 Å². The Labute approximate surface area is 249 Å². The molecule has 2 N–H and O–H groups in total. The van der Waals surface area contributed by atoms with Crippen LogP contribution in [-0.2, 0) is 26.8 Å². The van der Waals surface area contributed by atoms with Gasteiger partial charge in [-0.3, -0.25) is 23.7 Å². The fourth-order valence-corrected chi connectivity index (χ4v) is 5.38. The van der Waals surface area contributed by atoms with Crippen molar-refractivity contribution in [1.82, 2.24) is 34.3 Å². The molecule has 1 aliphatic rings. The topological polar surface area (TPSA) is 75.3 Å². The van der Waals surface area contributed by atoms with E-state index in [4.69, 9.17) is 0 Å². The molecule has 2 aromatic carbocycles. The predicted octanol–water partition coefficient (Wildman–Crippen LogP) is 4.44. The normalized spacial score (nSPS) is 14.9. The molecule has 3 heterocycles. The molecule has 12 heteroatoms. The number of hydrogen-bond acceptors (Lipinski definition) is 5. The molecule has 0 atom stereocenters. The summed E-state index contributed by atoms with van der Waals surface area (Å²) in [6, 6.07) is 9.22. The zero-order valence-electron chi connectivity index (χ0n) is 25.3. The van der Waals surface area contributed by atoms with Crippen LogP contribution in [0.5, 0.6) is 0 Å². The van der Waals surface area contributed by atoms with E-state index < -0.39 is 17.6 Å². The smallest absolute Gasteiger partial charge is 0.322 e. The Balaban J connectivity index is 1.27. The molecule has 1 saturated heterocycles. The molecule has 43 heavy (non-hydrogen) atoms. The van der Waals surface area contributed by atoms with Crippen molar-refractivity contribution >= 4 is 11.6 Å². The second-order valence-electron chi connectivity index (χ2n) is 11.3. The minimum absolute atomic E-state index is 0.0928. The van der Waals surface area contributed by atoms with Crippen molar-refractivity contribution in [2.24, 2.45) is 14.1 Å². The highest BCUT2D eigenvalue weighted by Crippen LogP contribution is 2.34. The Bertz CT molecular complexity index is 1590. The lowest BCUT2D eigenvalue weighted by molar-refractivity contribution is -0.138. The molecule has 0 saturated carbocycles. The van der Waals surface area contributed by atoms with E-state index in [-0.39, 0.29) is 17.8 Å². The molecular formula is C31H39F3N8O. The van der Waals surface area contributed by atoms with E-state index in [1.54, 1.807) is 12.1 Å². The number of halogens is 3. The van der Waals surface area contributed by atoms with Crippen molar-refractivity contribution in [3.05, 3.63) is 76.7 Å². The van der Waals surface area contributed by atoms with E-state index >= 15 is 0 Å². The minimum atomic E-state index is -4.55. The number of piperazine rings is 1. The molecule has 1 amide bonds. The summed E-state index contributed by atoms with van der Waals surface area (Å²) >= 11 is 0. The Hall–Kier alpha value is -3.87. The lowest BCUT2D eigenvalue weighted by atomic mass is 10.0. The number of amides is 1. The van der Waals surface area contributed by atoms with Crippen LogP contribution in [0.1, 0.15) is 32.7 Å². The molecule has 1 aliphatic heterocycles. The number of anilines is 1. The number of aryl methyl sites for hydroxylation is 2. The van der Waals surface area contributed by atoms with E-state index in [2.05, 4.69) is 32.6 Å². The molecule has 0 bridgehead atoms. The highest BCUT2D eigenvalue weighted by atomic mass is 19.4. The maximum absolute atomic E-state index is 14.0. The third-order valence-corrected chi connectivity index (χ3v) is 8.34. The van der Waals surface area contributed by atoms with Crippen molar-refractivity contribution in [1.29, 1.82) is 0 Å². The third-order valence-electron chi connectivity index (χ3n) is 8.34. The van der Waals surface area contributed by atoms with Crippen LogP contribution in [0.4, 0.5) is 18.9 Å². The third kappa shape index (κ3) is 6.71. The van der Waals surface area contributed by atoms with Crippen LogP contribution in [0.15, 0.2) is 48.8 Å². The highest BCUT2D eigenvalue weighted by molar-refractivity contribution is 6.04. The fraction of sp³-hybridized carbons (Fsp3) is 0.419. The lowest BCUT2D eigenvalue weighted by Gasteiger charge is -2.32. The maximum Gasteiger partial charge on any atom is 0.416 e. The standard InChI is InChI=1S/C31H39F3N8O/c1-21-6-7-23(16-28(21)42-20-29(40(42)5)26-19-36-39(4)22(26)2)30(43)37-25-9-8-24(27(17-25)31(32,33)34)18-35-10-11-41-14-12-38(3)13-15-41/h6-9,16-17,19-20,35H,10-15,18H2,1-5H3,(H,37,43). The number of carbonyl (C=O) groups excluding carboxylic acids is 1. The number of benzene rings is 2. The summed E-state index contributed by atoms with van der Waals surface area (Å²) in [6.45, 7) is 9.33. The Morgan fingerprint density at radius 3 is 2.40 bits per heavy atom. The molecule has 0 spiro atoms. The van der Waals surface area contributed by atoms with Gasteiger partial charge in [-0.1, -0.05) is 12.1 Å². The van der Waals surface area contributed by atoms with Gasteiger partial charge in [-0.25, -0.2) is 0 Å². The molecule has 0 unspecified atom stereocenters. The lowest BCUT2D eigenvalue weighted by Crippen LogP contribution is -2.46. The number of nitrogens with one attached hydrogen (secondary N) is 2. The minimum Gasteiger partial charge on any atom is -0.322 e. The predicted molar refractivity (Wildman–Crippen MR) is 161 cm³/mol. The van der Waals surface area contributed by atoms with Gasteiger partial charge in [-0.2, -0.15) is 18.3 Å². The second kappa shape index (κ2) is 12.4. The fourth-order valence-electron chi connectivity index (χ4n) is 5.38. The first-order valence-corrected chi connectivity index (χ1v) is 14.4. The Kier molecular flexibility index (Phi) is 8.81. The molecular weight excluding hydrogens is 557 g/mol. The van der Waals surface area contributed by atoms with Gasteiger partial charge >= 0.3 is 6.18 Å². The highest BCUT2D eigenvalue weighted by Gasteiger charge is 2.33. The molecule has 0 aliphatic carbocycles. The van der Waals surface area contributed by atoms with Crippen LogP contribution in [0.3, 0.4) is 0 Å². The number of alkyl halides is 3. The van der Waals surface area contributed by atoms with Crippen LogP contribution in [-0.4, -0.2) is 81.2 Å².